The van der Waals surface area contributed by atoms with Crippen molar-refractivity contribution in [3.8, 4) is 5.75 Å². The average molecular weight is 487 g/mol. The summed E-state index contributed by atoms with van der Waals surface area (Å²) in [5.74, 6) is 0.867. The van der Waals surface area contributed by atoms with E-state index in [1.807, 2.05) is 12.1 Å². The van der Waals surface area contributed by atoms with Crippen LogP contribution in [0.1, 0.15) is 36.6 Å². The minimum absolute atomic E-state index is 0.0146. The van der Waals surface area contributed by atoms with Gasteiger partial charge in [0.25, 0.3) is 11.1 Å². The van der Waals surface area contributed by atoms with E-state index < -0.39 is 5.24 Å². The molecule has 0 fully saturated rings. The lowest BCUT2D eigenvalue weighted by Gasteiger charge is -2.07. The van der Waals surface area contributed by atoms with Crippen molar-refractivity contribution in [2.45, 2.75) is 6.42 Å². The molecule has 0 bridgehead atoms. The molecule has 0 saturated heterocycles. The molecule has 0 spiro atoms. The van der Waals surface area contributed by atoms with Crippen molar-refractivity contribution >= 4 is 34.4 Å². The second-order valence-electron chi connectivity index (χ2n) is 7.34. The Morgan fingerprint density at radius 2 is 1.40 bits per heavy atom. The van der Waals surface area contributed by atoms with E-state index in [0.29, 0.717) is 28.3 Å². The quantitative estimate of drug-likeness (QED) is 0.262. The van der Waals surface area contributed by atoms with E-state index in [1.165, 1.54) is 0 Å². The summed E-state index contributed by atoms with van der Waals surface area (Å²) in [5.41, 5.74) is 2.48. The first-order chi connectivity index (χ1) is 17.0. The third-order valence-corrected chi connectivity index (χ3v) is 5.10. The predicted octanol–water partition coefficient (Wildman–Crippen LogP) is 5.83. The van der Waals surface area contributed by atoms with E-state index in [2.05, 4.69) is 10.3 Å². The van der Waals surface area contributed by atoms with Gasteiger partial charge in [-0.1, -0.05) is 48.5 Å². The Bertz CT molecular complexity index is 1280. The monoisotopic (exact) mass is 486 g/mol. The standard InChI is InChI=1S/C21H18N2O3.C7H5ClO/c1-26-18-9-7-16(8-10-18)19(24)13-15-11-12-22-20(14-15)23-21(25)17-5-3-2-4-6-17;8-7(9)6-4-2-1-3-5-6/h2-12,14H,13H2,1H3,(H,22,23,25);1-5H. The van der Waals surface area contributed by atoms with E-state index in [4.69, 9.17) is 16.3 Å². The van der Waals surface area contributed by atoms with Gasteiger partial charge < -0.3 is 10.1 Å². The summed E-state index contributed by atoms with van der Waals surface area (Å²) in [4.78, 5) is 39.2. The number of ketones is 1. The normalized spacial score (nSPS) is 9.89. The highest BCUT2D eigenvalue weighted by atomic mass is 35.5. The molecule has 0 atom stereocenters. The molecule has 176 valence electrons. The van der Waals surface area contributed by atoms with E-state index in [1.54, 1.807) is 98.2 Å². The van der Waals surface area contributed by atoms with Gasteiger partial charge in [0.2, 0.25) is 0 Å². The van der Waals surface area contributed by atoms with Crippen molar-refractivity contribution in [3.05, 3.63) is 126 Å². The van der Waals surface area contributed by atoms with Crippen molar-refractivity contribution in [3.63, 3.8) is 0 Å². The zero-order valence-corrected chi connectivity index (χ0v) is 19.7. The molecule has 0 aliphatic heterocycles. The third-order valence-electron chi connectivity index (χ3n) is 4.88. The van der Waals surface area contributed by atoms with Crippen LogP contribution < -0.4 is 10.1 Å². The van der Waals surface area contributed by atoms with Crippen LogP contribution in [0.25, 0.3) is 0 Å². The molecule has 3 aromatic carbocycles. The number of amides is 1. The Balaban J connectivity index is 0.000000320. The molecular weight excluding hydrogens is 464 g/mol. The lowest BCUT2D eigenvalue weighted by molar-refractivity contribution is 0.0991. The Kier molecular flexibility index (Phi) is 9.28. The zero-order chi connectivity index (χ0) is 25.0. The minimum Gasteiger partial charge on any atom is -0.497 e. The van der Waals surface area contributed by atoms with Crippen molar-refractivity contribution < 1.29 is 19.1 Å². The molecule has 7 heteroatoms. The van der Waals surface area contributed by atoms with Gasteiger partial charge in [0, 0.05) is 29.3 Å². The van der Waals surface area contributed by atoms with Crippen LogP contribution in [0, 0.1) is 0 Å². The van der Waals surface area contributed by atoms with Gasteiger partial charge in [-0.05, 0) is 65.7 Å². The number of carbonyl (C=O) groups excluding carboxylic acids is 3. The summed E-state index contributed by atoms with van der Waals surface area (Å²) in [6.45, 7) is 0. The number of halogens is 1. The Morgan fingerprint density at radius 1 is 0.800 bits per heavy atom. The maximum atomic E-state index is 12.4. The first-order valence-electron chi connectivity index (χ1n) is 10.7. The molecule has 6 nitrogen and oxygen atoms in total. The number of methoxy groups -OCH3 is 1. The number of benzene rings is 3. The number of anilines is 1. The molecule has 1 amide bonds. The van der Waals surface area contributed by atoms with Crippen LogP contribution in [-0.4, -0.2) is 29.0 Å². The fraction of sp³-hybridized carbons (Fsp3) is 0.0714. The third kappa shape index (κ3) is 7.91. The molecule has 0 aliphatic rings. The molecule has 35 heavy (non-hydrogen) atoms. The van der Waals surface area contributed by atoms with Gasteiger partial charge >= 0.3 is 0 Å². The van der Waals surface area contributed by atoms with Gasteiger partial charge in [-0.15, -0.1) is 0 Å². The van der Waals surface area contributed by atoms with Gasteiger partial charge in [-0.25, -0.2) is 4.98 Å². The smallest absolute Gasteiger partial charge is 0.256 e. The largest absolute Gasteiger partial charge is 0.497 e. The molecule has 1 heterocycles. The minimum atomic E-state index is -0.407. The second-order valence-corrected chi connectivity index (χ2v) is 7.68. The molecule has 4 rings (SSSR count). The highest BCUT2D eigenvalue weighted by Gasteiger charge is 2.10. The number of Topliss-reactive ketones (excluding diaryl/α,β-unsaturated/α-hetero) is 1. The zero-order valence-electron chi connectivity index (χ0n) is 19.0. The number of carbonyl (C=O) groups is 3. The van der Waals surface area contributed by atoms with Crippen molar-refractivity contribution in [2.75, 3.05) is 12.4 Å². The summed E-state index contributed by atoms with van der Waals surface area (Å²) in [5, 5.41) is 2.34. The number of pyridine rings is 1. The van der Waals surface area contributed by atoms with Crippen molar-refractivity contribution in [1.29, 1.82) is 0 Å². The number of hydrogen-bond acceptors (Lipinski definition) is 5. The molecule has 1 aromatic heterocycles. The maximum absolute atomic E-state index is 12.4. The Hall–Kier alpha value is -4.29. The molecule has 0 radical (unpaired) electrons. The second kappa shape index (κ2) is 12.8. The van der Waals surface area contributed by atoms with E-state index in [0.717, 1.165) is 5.56 Å². The topological polar surface area (TPSA) is 85.4 Å². The van der Waals surface area contributed by atoms with Gasteiger partial charge in [-0.2, -0.15) is 0 Å². The average Bonchev–Trinajstić information content (AvgIpc) is 2.90. The molecule has 0 aliphatic carbocycles. The maximum Gasteiger partial charge on any atom is 0.256 e. The first-order valence-corrected chi connectivity index (χ1v) is 11.1. The van der Waals surface area contributed by atoms with Crippen LogP contribution in [0.5, 0.6) is 5.75 Å². The van der Waals surface area contributed by atoms with Crippen LogP contribution in [0.3, 0.4) is 0 Å². The van der Waals surface area contributed by atoms with E-state index in [9.17, 15) is 14.4 Å². The van der Waals surface area contributed by atoms with Crippen molar-refractivity contribution in [1.82, 2.24) is 4.98 Å². The number of aromatic nitrogens is 1. The van der Waals surface area contributed by atoms with Crippen LogP contribution in [0.15, 0.2) is 103 Å². The molecular formula is C28H23ClN2O4. The summed E-state index contributed by atoms with van der Waals surface area (Å²) >= 11 is 5.16. The highest BCUT2D eigenvalue weighted by molar-refractivity contribution is 6.67. The number of ether oxygens (including phenoxy) is 1. The fourth-order valence-corrected chi connectivity index (χ4v) is 3.19. The van der Waals surface area contributed by atoms with Gasteiger partial charge in [0.1, 0.15) is 11.6 Å². The van der Waals surface area contributed by atoms with Gasteiger partial charge in [0.05, 0.1) is 7.11 Å². The van der Waals surface area contributed by atoms with Gasteiger partial charge in [0.15, 0.2) is 5.78 Å². The predicted molar refractivity (Wildman–Crippen MR) is 136 cm³/mol. The summed E-state index contributed by atoms with van der Waals surface area (Å²) in [7, 11) is 1.58. The Labute approximate surface area is 208 Å². The lowest BCUT2D eigenvalue weighted by Crippen LogP contribution is -2.13. The van der Waals surface area contributed by atoms with E-state index in [-0.39, 0.29) is 18.1 Å². The molecule has 0 saturated carbocycles. The fourth-order valence-electron chi connectivity index (χ4n) is 3.06. The van der Waals surface area contributed by atoms with Gasteiger partial charge in [-0.3, -0.25) is 14.4 Å². The van der Waals surface area contributed by atoms with E-state index >= 15 is 0 Å². The van der Waals surface area contributed by atoms with Crippen LogP contribution in [0.2, 0.25) is 0 Å². The summed E-state index contributed by atoms with van der Waals surface area (Å²) in [6.07, 6.45) is 1.81. The number of hydrogen-bond donors (Lipinski definition) is 1. The van der Waals surface area contributed by atoms with Crippen LogP contribution in [-0.2, 0) is 6.42 Å². The highest BCUT2D eigenvalue weighted by Crippen LogP contribution is 2.15. The number of nitrogens with zero attached hydrogens (tertiary/aromatic N) is 1. The molecule has 1 N–H and O–H groups in total. The number of nitrogens with one attached hydrogen (secondary N) is 1. The summed E-state index contributed by atoms with van der Waals surface area (Å²) in [6, 6.07) is 28.1. The molecule has 4 aromatic rings. The SMILES string of the molecule is COc1ccc(C(=O)Cc2ccnc(NC(=O)c3ccccc3)c2)cc1.O=C(Cl)c1ccccc1. The van der Waals surface area contributed by atoms with Crippen LogP contribution in [0.4, 0.5) is 5.82 Å². The Morgan fingerprint density at radius 3 is 1.94 bits per heavy atom. The molecule has 0 unspecified atom stereocenters. The lowest BCUT2D eigenvalue weighted by atomic mass is 10.0. The number of rotatable bonds is 7. The van der Waals surface area contributed by atoms with Crippen molar-refractivity contribution in [2.24, 2.45) is 0 Å². The summed E-state index contributed by atoms with van der Waals surface area (Å²) < 4.78 is 5.10. The van der Waals surface area contributed by atoms with Crippen LogP contribution >= 0.6 is 11.6 Å². The first kappa shape index (κ1) is 25.3.